The highest BCUT2D eigenvalue weighted by atomic mass is 16.1. The Labute approximate surface area is 268 Å². The molecule has 5 aliphatic carbocycles. The van der Waals surface area contributed by atoms with Gasteiger partial charge in [-0.05, 0) is 30.2 Å². The first kappa shape index (κ1) is 27.8. The summed E-state index contributed by atoms with van der Waals surface area (Å²) in [6, 6.07) is 3.77. The van der Waals surface area contributed by atoms with Crippen molar-refractivity contribution in [2.75, 3.05) is 0 Å². The van der Waals surface area contributed by atoms with Crippen molar-refractivity contribution in [2.45, 2.75) is 44.9 Å². The first-order valence-corrected chi connectivity index (χ1v) is 16.1. The molecule has 3 aromatic rings. The number of hydrogen-bond acceptors (Lipinski definition) is 9. The summed E-state index contributed by atoms with van der Waals surface area (Å²) in [5.74, 6) is 0.951. The maximum Gasteiger partial charge on any atom is 0.161 e. The molecule has 3 aromatic heterocycles. The highest BCUT2D eigenvalue weighted by Gasteiger charge is 2.43. The average Bonchev–Trinajstić information content (AvgIpc) is 3.83. The third kappa shape index (κ3) is 4.59. The number of fused-ring (bicyclic) bond motifs is 9. The minimum absolute atomic E-state index is 0.113. The smallest absolute Gasteiger partial charge is 0.161 e. The summed E-state index contributed by atoms with van der Waals surface area (Å²) in [4.78, 5) is 74.9. The van der Waals surface area contributed by atoms with E-state index < -0.39 is 11.8 Å². The second-order valence-electron chi connectivity index (χ2n) is 13.2. The van der Waals surface area contributed by atoms with Crippen LogP contribution >= 0.6 is 0 Å². The number of ketones is 3. The van der Waals surface area contributed by atoms with Gasteiger partial charge in [0, 0.05) is 59.3 Å². The molecule has 0 radical (unpaired) electrons. The van der Waals surface area contributed by atoms with E-state index in [1.165, 1.54) is 0 Å². The van der Waals surface area contributed by atoms with Crippen molar-refractivity contribution in [3.63, 3.8) is 0 Å². The molecule has 0 spiro atoms. The Bertz CT molecular complexity index is 2270. The van der Waals surface area contributed by atoms with Gasteiger partial charge in [0.05, 0.1) is 11.8 Å². The Balaban J connectivity index is 1.34. The predicted molar refractivity (Wildman–Crippen MR) is 175 cm³/mol. The maximum atomic E-state index is 13.3. The fourth-order valence-electron chi connectivity index (χ4n) is 7.45. The molecule has 6 atom stereocenters. The van der Waals surface area contributed by atoms with E-state index in [4.69, 9.17) is 24.9 Å². The maximum absolute atomic E-state index is 13.3. The van der Waals surface area contributed by atoms with E-state index in [0.29, 0.717) is 70.7 Å². The minimum atomic E-state index is -0.477. The van der Waals surface area contributed by atoms with Gasteiger partial charge in [0.25, 0.3) is 0 Å². The van der Waals surface area contributed by atoms with Crippen LogP contribution in [-0.2, 0) is 14.4 Å². The molecule has 6 unspecified atom stereocenters. The minimum Gasteiger partial charge on any atom is -0.325 e. The first-order chi connectivity index (χ1) is 22.8. The lowest BCUT2D eigenvalue weighted by atomic mass is 9.71. The number of nitrogens with zero attached hydrogens (tertiary/aromatic N) is 6. The molecule has 11 heteroatoms. The number of allylic oxidation sites excluding steroid dienone is 8. The fourth-order valence-corrected chi connectivity index (χ4v) is 7.45. The molecule has 2 aliphatic heterocycles. The van der Waals surface area contributed by atoms with Crippen LogP contribution in [0.1, 0.15) is 79.4 Å². The molecule has 0 saturated heterocycles. The largest absolute Gasteiger partial charge is 0.325 e. The van der Waals surface area contributed by atoms with Crippen molar-refractivity contribution < 1.29 is 14.4 Å². The molecule has 7 aliphatic rings. The highest BCUT2D eigenvalue weighted by molar-refractivity contribution is 6.09. The Hall–Kier alpha value is -5.45. The van der Waals surface area contributed by atoms with Crippen LogP contribution in [0, 0.1) is 23.7 Å². The van der Waals surface area contributed by atoms with Gasteiger partial charge < -0.3 is 9.97 Å². The number of carbonyl (C=O) groups excluding carboxylic acids is 3. The van der Waals surface area contributed by atoms with Gasteiger partial charge >= 0.3 is 0 Å². The highest BCUT2D eigenvalue weighted by Crippen LogP contribution is 2.48. The zero-order valence-electron chi connectivity index (χ0n) is 25.8. The first-order valence-electron chi connectivity index (χ1n) is 16.1. The molecule has 47 heavy (non-hydrogen) atoms. The van der Waals surface area contributed by atoms with Gasteiger partial charge in [-0.1, -0.05) is 50.3 Å². The van der Waals surface area contributed by atoms with Crippen LogP contribution in [0.3, 0.4) is 0 Å². The van der Waals surface area contributed by atoms with E-state index in [2.05, 4.69) is 33.2 Å². The Kier molecular flexibility index (Phi) is 6.09. The van der Waals surface area contributed by atoms with E-state index in [0.717, 1.165) is 16.7 Å². The van der Waals surface area contributed by atoms with Gasteiger partial charge in [0.2, 0.25) is 0 Å². The van der Waals surface area contributed by atoms with E-state index in [1.54, 1.807) is 12.2 Å². The lowest BCUT2D eigenvalue weighted by Gasteiger charge is -2.30. The molecule has 0 amide bonds. The summed E-state index contributed by atoms with van der Waals surface area (Å²) >= 11 is 0. The van der Waals surface area contributed by atoms with Gasteiger partial charge in [-0.25, -0.2) is 29.9 Å². The molecule has 0 saturated carbocycles. The summed E-state index contributed by atoms with van der Waals surface area (Å²) in [5, 5.41) is 0. The van der Waals surface area contributed by atoms with Crippen LogP contribution in [0.25, 0.3) is 45.9 Å². The van der Waals surface area contributed by atoms with E-state index in [1.807, 2.05) is 44.2 Å². The van der Waals surface area contributed by atoms with Gasteiger partial charge in [-0.3, -0.25) is 14.4 Å². The topological polar surface area (TPSA) is 160 Å². The number of H-pyrrole nitrogens is 2. The zero-order valence-corrected chi connectivity index (χ0v) is 25.8. The number of hydrogen-bond donors (Lipinski definition) is 2. The summed E-state index contributed by atoms with van der Waals surface area (Å²) in [6.07, 6.45) is 16.7. The molecule has 0 fully saturated rings. The quantitative estimate of drug-likeness (QED) is 0.285. The molecule has 5 heterocycles. The predicted octanol–water partition coefficient (Wildman–Crippen LogP) is 5.25. The van der Waals surface area contributed by atoms with E-state index in [9.17, 15) is 14.4 Å². The van der Waals surface area contributed by atoms with Crippen molar-refractivity contribution in [2.24, 2.45) is 23.7 Å². The third-order valence-corrected chi connectivity index (χ3v) is 9.91. The molecule has 0 aromatic carbocycles. The molecule has 2 N–H and O–H groups in total. The molecule has 10 bridgehead atoms. The number of rotatable bonds is 2. The zero-order chi connectivity index (χ0) is 32.0. The van der Waals surface area contributed by atoms with Crippen molar-refractivity contribution in [3.05, 3.63) is 83.0 Å². The summed E-state index contributed by atoms with van der Waals surface area (Å²) in [7, 11) is 0. The van der Waals surface area contributed by atoms with Crippen molar-refractivity contribution >= 4 is 63.2 Å². The number of aromatic nitrogens is 8. The molecule has 11 nitrogen and oxygen atoms in total. The second-order valence-corrected chi connectivity index (χ2v) is 13.2. The van der Waals surface area contributed by atoms with Crippen LogP contribution < -0.4 is 0 Å². The number of aromatic amines is 2. The van der Waals surface area contributed by atoms with Gasteiger partial charge in [0.15, 0.2) is 23.3 Å². The fraction of sp³-hybridized carbons (Fsp3) is 0.306. The van der Waals surface area contributed by atoms with Crippen molar-refractivity contribution in [3.8, 4) is 0 Å². The number of nitrogens with one attached hydrogen (secondary N) is 2. The van der Waals surface area contributed by atoms with E-state index >= 15 is 0 Å². The molecule has 232 valence electrons. The lowest BCUT2D eigenvalue weighted by Crippen LogP contribution is -2.28. The van der Waals surface area contributed by atoms with Crippen molar-refractivity contribution in [1.29, 1.82) is 0 Å². The summed E-state index contributed by atoms with van der Waals surface area (Å²) in [6.45, 7) is 3.93. The normalized spacial score (nSPS) is 27.7. The molecule has 10 rings (SSSR count). The van der Waals surface area contributed by atoms with Crippen LogP contribution in [0.15, 0.2) is 48.6 Å². The Morgan fingerprint density at radius 2 is 1.23 bits per heavy atom. The lowest BCUT2D eigenvalue weighted by molar-refractivity contribution is -0.122. The van der Waals surface area contributed by atoms with Crippen LogP contribution in [0.5, 0.6) is 0 Å². The van der Waals surface area contributed by atoms with Gasteiger partial charge in [-0.2, -0.15) is 0 Å². The van der Waals surface area contributed by atoms with Gasteiger partial charge in [-0.15, -0.1) is 0 Å². The summed E-state index contributed by atoms with van der Waals surface area (Å²) < 4.78 is 0. The third-order valence-electron chi connectivity index (χ3n) is 9.91. The Morgan fingerprint density at radius 3 is 2.02 bits per heavy atom. The molecular formula is C36H30N8O3. The van der Waals surface area contributed by atoms with Crippen LogP contribution in [0.2, 0.25) is 0 Å². The standard InChI is InChI=1S/C36H30N8O3/c1-16-3-7-20(25(46)11-16)23-15-29-38-27-9-10-28(37-27)39-36-32-21-8-6-19(13-26(21)47)31(32)35(44-36)42-30-14-22(33(41-30)43-34(23)40-29)18-5-4-17(2)24(45)12-18/h3-10,14-21H,11-13H2,1-2H3,(H2,37,38,39,40,41,42,43,44). The van der Waals surface area contributed by atoms with Gasteiger partial charge in [0.1, 0.15) is 39.9 Å². The van der Waals surface area contributed by atoms with Crippen molar-refractivity contribution in [1.82, 2.24) is 39.9 Å². The summed E-state index contributed by atoms with van der Waals surface area (Å²) in [5.41, 5.74) is 5.24. The number of carbonyl (C=O) groups is 3. The Morgan fingerprint density at radius 1 is 0.574 bits per heavy atom. The van der Waals surface area contributed by atoms with Crippen LogP contribution in [0.4, 0.5) is 0 Å². The second kappa shape index (κ2) is 10.3. The average molecular weight is 623 g/mol. The molecular weight excluding hydrogens is 592 g/mol. The van der Waals surface area contributed by atoms with E-state index in [-0.39, 0.29) is 41.0 Å². The SMILES string of the molecule is CC1C=CC(c2cc3nc4nc(nc5nc(nc6cc(C7C=CC(C)C(=O)C7)c(nc2[nH]3)[nH]6)C2=C5C3C=CC2CC3=O)C=C4)C(=O)C1. The number of Topliss-reactive ketones (excluding diaryl/α,β-unsaturated/α-hetero) is 3. The van der Waals surface area contributed by atoms with Crippen LogP contribution in [-0.4, -0.2) is 57.2 Å². The monoisotopic (exact) mass is 622 g/mol.